The monoisotopic (exact) mass is 370 g/mol. The van der Waals surface area contributed by atoms with Gasteiger partial charge in [-0.1, -0.05) is 16.8 Å². The lowest BCUT2D eigenvalue weighted by Crippen LogP contribution is -2.25. The molecule has 1 aromatic carbocycles. The SMILES string of the molecule is Cc1nc(CC(=O)Nc2ccc(Cl)c(N3CCCS3(=O)=O)c2)no1. The number of hydrogen-bond acceptors (Lipinski definition) is 6. The quantitative estimate of drug-likeness (QED) is 0.878. The van der Waals surface area contributed by atoms with E-state index in [1.165, 1.54) is 4.31 Å². The number of aromatic nitrogens is 2. The first-order valence-corrected chi connectivity index (χ1v) is 9.23. The Bertz CT molecular complexity index is 881. The molecule has 0 bridgehead atoms. The van der Waals surface area contributed by atoms with Crippen molar-refractivity contribution >= 4 is 38.9 Å². The molecule has 128 valence electrons. The summed E-state index contributed by atoms with van der Waals surface area (Å²) in [5.41, 5.74) is 0.809. The van der Waals surface area contributed by atoms with Crippen molar-refractivity contribution in [3.63, 3.8) is 0 Å². The maximum atomic E-state index is 12.0. The molecule has 0 radical (unpaired) electrons. The molecule has 0 unspecified atom stereocenters. The number of amides is 1. The van der Waals surface area contributed by atoms with Crippen molar-refractivity contribution < 1.29 is 17.7 Å². The number of nitrogens with one attached hydrogen (secondary N) is 1. The molecular formula is C14H15ClN4O4S. The predicted molar refractivity (Wildman–Crippen MR) is 88.6 cm³/mol. The standard InChI is InChI=1S/C14H15ClN4O4S/c1-9-16-13(18-23-9)8-14(20)17-10-3-4-11(15)12(7-10)19-5-2-6-24(19,21)22/h3-4,7H,2,5-6,8H2,1H3,(H,17,20). The normalized spacial score (nSPS) is 16.3. The first-order valence-electron chi connectivity index (χ1n) is 7.24. The van der Waals surface area contributed by atoms with E-state index in [9.17, 15) is 13.2 Å². The number of halogens is 1. The smallest absolute Gasteiger partial charge is 0.235 e. The molecule has 0 atom stereocenters. The second-order valence-corrected chi connectivity index (χ2v) is 7.78. The summed E-state index contributed by atoms with van der Waals surface area (Å²) in [6.07, 6.45) is 0.504. The van der Waals surface area contributed by atoms with Gasteiger partial charge in [0.15, 0.2) is 5.82 Å². The van der Waals surface area contributed by atoms with Gasteiger partial charge in [0.2, 0.25) is 21.8 Å². The third-order valence-electron chi connectivity index (χ3n) is 3.49. The van der Waals surface area contributed by atoms with E-state index in [-0.39, 0.29) is 23.9 Å². The molecule has 1 fully saturated rings. The van der Waals surface area contributed by atoms with E-state index in [2.05, 4.69) is 15.5 Å². The summed E-state index contributed by atoms with van der Waals surface area (Å²) in [7, 11) is -3.35. The van der Waals surface area contributed by atoms with Crippen LogP contribution in [0, 0.1) is 6.92 Å². The van der Waals surface area contributed by atoms with E-state index < -0.39 is 10.0 Å². The van der Waals surface area contributed by atoms with Crippen LogP contribution < -0.4 is 9.62 Å². The summed E-state index contributed by atoms with van der Waals surface area (Å²) in [5, 5.41) is 6.65. The second kappa shape index (κ2) is 6.40. The zero-order valence-corrected chi connectivity index (χ0v) is 14.4. The lowest BCUT2D eigenvalue weighted by atomic mass is 10.2. The number of nitrogens with zero attached hydrogens (tertiary/aromatic N) is 3. The van der Waals surface area contributed by atoms with Crippen LogP contribution in [0.1, 0.15) is 18.1 Å². The highest BCUT2D eigenvalue weighted by molar-refractivity contribution is 7.93. The number of rotatable bonds is 4. The molecule has 1 aliphatic heterocycles. The van der Waals surface area contributed by atoms with Gasteiger partial charge in [-0.05, 0) is 24.6 Å². The summed E-state index contributed by atoms with van der Waals surface area (Å²) >= 11 is 6.12. The van der Waals surface area contributed by atoms with Crippen molar-refractivity contribution in [1.29, 1.82) is 0 Å². The van der Waals surface area contributed by atoms with E-state index in [1.807, 2.05) is 0 Å². The number of aryl methyl sites for hydroxylation is 1. The number of hydrogen-bond donors (Lipinski definition) is 1. The minimum absolute atomic E-state index is 0.0443. The Morgan fingerprint density at radius 3 is 2.88 bits per heavy atom. The van der Waals surface area contributed by atoms with E-state index in [0.29, 0.717) is 35.3 Å². The third kappa shape index (κ3) is 3.51. The van der Waals surface area contributed by atoms with Gasteiger partial charge >= 0.3 is 0 Å². The fourth-order valence-electron chi connectivity index (χ4n) is 2.45. The van der Waals surface area contributed by atoms with Gasteiger partial charge in [0.05, 0.1) is 22.9 Å². The molecule has 1 aromatic heterocycles. The molecule has 1 N–H and O–H groups in total. The maximum absolute atomic E-state index is 12.0. The molecule has 8 nitrogen and oxygen atoms in total. The fourth-order valence-corrected chi connectivity index (χ4v) is 4.30. The molecule has 0 aliphatic carbocycles. The van der Waals surface area contributed by atoms with Crippen LogP contribution in [0.25, 0.3) is 0 Å². The van der Waals surface area contributed by atoms with Crippen LogP contribution in [-0.4, -0.2) is 36.8 Å². The fraction of sp³-hybridized carbons (Fsp3) is 0.357. The highest BCUT2D eigenvalue weighted by Crippen LogP contribution is 2.33. The van der Waals surface area contributed by atoms with Gasteiger partial charge in [0, 0.05) is 19.2 Å². The van der Waals surface area contributed by atoms with Gasteiger partial charge in [0.1, 0.15) is 0 Å². The first kappa shape index (κ1) is 16.7. The van der Waals surface area contributed by atoms with Crippen LogP contribution in [0.2, 0.25) is 5.02 Å². The molecule has 1 aliphatic rings. The topological polar surface area (TPSA) is 105 Å². The maximum Gasteiger partial charge on any atom is 0.235 e. The van der Waals surface area contributed by atoms with Crippen LogP contribution in [0.5, 0.6) is 0 Å². The van der Waals surface area contributed by atoms with Gasteiger partial charge in [-0.25, -0.2) is 8.42 Å². The summed E-state index contributed by atoms with van der Waals surface area (Å²) < 4.78 is 30.2. The van der Waals surface area contributed by atoms with Gasteiger partial charge in [0.25, 0.3) is 0 Å². The van der Waals surface area contributed by atoms with Crippen molar-refractivity contribution in [3.8, 4) is 0 Å². The van der Waals surface area contributed by atoms with Crippen LogP contribution in [0.15, 0.2) is 22.7 Å². The zero-order valence-electron chi connectivity index (χ0n) is 12.8. The van der Waals surface area contributed by atoms with Gasteiger partial charge < -0.3 is 9.84 Å². The number of anilines is 2. The third-order valence-corrected chi connectivity index (χ3v) is 5.66. The molecule has 2 heterocycles. The lowest BCUT2D eigenvalue weighted by molar-refractivity contribution is -0.115. The van der Waals surface area contributed by atoms with Crippen LogP contribution in [0.3, 0.4) is 0 Å². The predicted octanol–water partition coefficient (Wildman–Crippen LogP) is 1.75. The Hall–Kier alpha value is -2.13. The lowest BCUT2D eigenvalue weighted by Gasteiger charge is -2.19. The zero-order chi connectivity index (χ0) is 17.3. The van der Waals surface area contributed by atoms with Crippen LogP contribution in [-0.2, 0) is 21.2 Å². The summed E-state index contributed by atoms with van der Waals surface area (Å²) in [5.74, 6) is 0.414. The molecular weight excluding hydrogens is 356 g/mol. The summed E-state index contributed by atoms with van der Waals surface area (Å²) in [6.45, 7) is 2.01. The molecule has 24 heavy (non-hydrogen) atoms. The average Bonchev–Trinajstić information content (AvgIpc) is 3.06. The van der Waals surface area contributed by atoms with Crippen molar-refractivity contribution in [1.82, 2.24) is 10.1 Å². The summed E-state index contributed by atoms with van der Waals surface area (Å²) in [4.78, 5) is 16.0. The Kier molecular flexibility index (Phi) is 4.46. The van der Waals surface area contributed by atoms with Crippen molar-refractivity contribution in [2.24, 2.45) is 0 Å². The van der Waals surface area contributed by atoms with Gasteiger partial charge in [-0.2, -0.15) is 4.98 Å². The number of benzene rings is 1. The Morgan fingerprint density at radius 2 is 2.25 bits per heavy atom. The highest BCUT2D eigenvalue weighted by Gasteiger charge is 2.30. The van der Waals surface area contributed by atoms with Crippen molar-refractivity contribution in [2.45, 2.75) is 19.8 Å². The highest BCUT2D eigenvalue weighted by atomic mass is 35.5. The minimum atomic E-state index is -3.35. The van der Waals surface area contributed by atoms with E-state index in [4.69, 9.17) is 16.1 Å². The number of carbonyl (C=O) groups is 1. The molecule has 2 aromatic rings. The first-order chi connectivity index (χ1) is 11.3. The Morgan fingerprint density at radius 1 is 1.46 bits per heavy atom. The molecule has 0 spiro atoms. The van der Waals surface area contributed by atoms with E-state index in [0.717, 1.165) is 0 Å². The van der Waals surface area contributed by atoms with Gasteiger partial charge in [-0.15, -0.1) is 0 Å². The molecule has 0 saturated carbocycles. The largest absolute Gasteiger partial charge is 0.340 e. The second-order valence-electron chi connectivity index (χ2n) is 5.36. The molecule has 3 rings (SSSR count). The van der Waals surface area contributed by atoms with E-state index >= 15 is 0 Å². The van der Waals surface area contributed by atoms with Crippen molar-refractivity contribution in [2.75, 3.05) is 21.9 Å². The Labute approximate surface area is 143 Å². The number of sulfonamides is 1. The molecule has 10 heteroatoms. The summed E-state index contributed by atoms with van der Waals surface area (Å²) in [6, 6.07) is 4.71. The van der Waals surface area contributed by atoms with Crippen molar-refractivity contribution in [3.05, 3.63) is 34.9 Å². The minimum Gasteiger partial charge on any atom is -0.340 e. The molecule has 1 amide bonds. The number of carbonyl (C=O) groups excluding carboxylic acids is 1. The van der Waals surface area contributed by atoms with Crippen LogP contribution >= 0.6 is 11.6 Å². The average molecular weight is 371 g/mol. The van der Waals surface area contributed by atoms with E-state index in [1.54, 1.807) is 25.1 Å². The van der Waals surface area contributed by atoms with Gasteiger partial charge in [-0.3, -0.25) is 9.10 Å². The molecule has 1 saturated heterocycles. The van der Waals surface area contributed by atoms with Crippen LogP contribution in [0.4, 0.5) is 11.4 Å². The Balaban J connectivity index is 1.77.